The molecule has 0 fully saturated rings. The van der Waals surface area contributed by atoms with Crippen molar-refractivity contribution in [1.82, 2.24) is 4.98 Å². The lowest BCUT2D eigenvalue weighted by molar-refractivity contribution is -0.134. The number of carbonyl (C=O) groups excluding carboxylic acids is 1. The number of pyridine rings is 1. The Morgan fingerprint density at radius 1 is 1.54 bits per heavy atom. The van der Waals surface area contributed by atoms with E-state index in [1.54, 1.807) is 18.5 Å². The Morgan fingerprint density at radius 2 is 2.31 bits per heavy atom. The van der Waals surface area contributed by atoms with Gasteiger partial charge in [-0.1, -0.05) is 0 Å². The summed E-state index contributed by atoms with van der Waals surface area (Å²) in [6.07, 6.45) is 6.49. The molecule has 0 aliphatic carbocycles. The molecule has 0 aliphatic rings. The van der Waals surface area contributed by atoms with Crippen LogP contribution in [-0.2, 0) is 9.53 Å². The smallest absolute Gasteiger partial charge is 0.330 e. The SMILES string of the molecule is COC(=O)C=Cc1cncc(C)c1. The molecule has 0 spiro atoms. The average molecular weight is 177 g/mol. The number of ether oxygens (including phenoxy) is 1. The molecule has 1 heterocycles. The lowest BCUT2D eigenvalue weighted by atomic mass is 10.2. The molecule has 0 aromatic carbocycles. The van der Waals surface area contributed by atoms with E-state index in [1.165, 1.54) is 13.2 Å². The fraction of sp³-hybridized carbons (Fsp3) is 0.200. The Morgan fingerprint density at radius 3 is 2.92 bits per heavy atom. The maximum atomic E-state index is 10.7. The molecule has 0 saturated carbocycles. The van der Waals surface area contributed by atoms with Crippen molar-refractivity contribution in [1.29, 1.82) is 0 Å². The van der Waals surface area contributed by atoms with Crippen LogP contribution >= 0.6 is 0 Å². The Labute approximate surface area is 77.1 Å². The molecule has 3 heteroatoms. The number of aryl methyl sites for hydroxylation is 1. The molecule has 1 rings (SSSR count). The van der Waals surface area contributed by atoms with Crippen LogP contribution in [0.25, 0.3) is 6.08 Å². The van der Waals surface area contributed by atoms with Gasteiger partial charge in [0, 0.05) is 18.5 Å². The molecular formula is C10H11NO2. The van der Waals surface area contributed by atoms with Crippen LogP contribution in [0.3, 0.4) is 0 Å². The van der Waals surface area contributed by atoms with E-state index in [4.69, 9.17) is 0 Å². The summed E-state index contributed by atoms with van der Waals surface area (Å²) in [5.74, 6) is -0.360. The minimum absolute atomic E-state index is 0.360. The molecule has 0 aliphatic heterocycles. The van der Waals surface area contributed by atoms with Gasteiger partial charge in [-0.3, -0.25) is 4.98 Å². The molecule has 0 amide bonds. The molecule has 0 atom stereocenters. The second kappa shape index (κ2) is 4.40. The largest absolute Gasteiger partial charge is 0.466 e. The minimum atomic E-state index is -0.360. The summed E-state index contributed by atoms with van der Waals surface area (Å²) in [6, 6.07) is 1.94. The zero-order valence-corrected chi connectivity index (χ0v) is 7.65. The van der Waals surface area contributed by atoms with E-state index >= 15 is 0 Å². The van der Waals surface area contributed by atoms with Crippen LogP contribution in [0.5, 0.6) is 0 Å². The topological polar surface area (TPSA) is 39.2 Å². The number of hydrogen-bond acceptors (Lipinski definition) is 3. The van der Waals surface area contributed by atoms with Crippen molar-refractivity contribution in [3.05, 3.63) is 35.7 Å². The number of carbonyl (C=O) groups is 1. The molecule has 0 saturated heterocycles. The Hall–Kier alpha value is -1.64. The van der Waals surface area contributed by atoms with Gasteiger partial charge in [-0.15, -0.1) is 0 Å². The molecule has 3 nitrogen and oxygen atoms in total. The summed E-state index contributed by atoms with van der Waals surface area (Å²) in [5.41, 5.74) is 1.96. The molecular weight excluding hydrogens is 166 g/mol. The van der Waals surface area contributed by atoms with E-state index < -0.39 is 0 Å². The predicted molar refractivity (Wildman–Crippen MR) is 50.0 cm³/mol. The number of aromatic nitrogens is 1. The third kappa shape index (κ3) is 3.07. The van der Waals surface area contributed by atoms with Crippen molar-refractivity contribution in [3.63, 3.8) is 0 Å². The zero-order valence-electron chi connectivity index (χ0n) is 7.65. The minimum Gasteiger partial charge on any atom is -0.466 e. The van der Waals surface area contributed by atoms with Gasteiger partial charge >= 0.3 is 5.97 Å². The first-order valence-corrected chi connectivity index (χ1v) is 3.90. The van der Waals surface area contributed by atoms with Crippen LogP contribution < -0.4 is 0 Å². The van der Waals surface area contributed by atoms with Crippen LogP contribution in [0.1, 0.15) is 11.1 Å². The highest BCUT2D eigenvalue weighted by molar-refractivity contribution is 5.86. The number of hydrogen-bond donors (Lipinski definition) is 0. The number of esters is 1. The van der Waals surface area contributed by atoms with Crippen LogP contribution in [-0.4, -0.2) is 18.1 Å². The monoisotopic (exact) mass is 177 g/mol. The summed E-state index contributed by atoms with van der Waals surface area (Å²) in [4.78, 5) is 14.7. The second-order valence-corrected chi connectivity index (χ2v) is 2.65. The van der Waals surface area contributed by atoms with E-state index in [1.807, 2.05) is 13.0 Å². The number of rotatable bonds is 2. The van der Waals surface area contributed by atoms with Gasteiger partial charge in [-0.2, -0.15) is 0 Å². The first-order chi connectivity index (χ1) is 6.22. The van der Waals surface area contributed by atoms with Crippen LogP contribution in [0, 0.1) is 6.92 Å². The lowest BCUT2D eigenvalue weighted by Gasteiger charge is -1.94. The standard InChI is InChI=1S/C10H11NO2/c1-8-5-9(7-11-6-8)3-4-10(12)13-2/h3-7H,1-2H3. The maximum absolute atomic E-state index is 10.7. The fourth-order valence-corrected chi connectivity index (χ4v) is 0.902. The molecule has 1 aromatic rings. The van der Waals surface area contributed by atoms with Gasteiger partial charge in [0.25, 0.3) is 0 Å². The summed E-state index contributed by atoms with van der Waals surface area (Å²) in [7, 11) is 1.35. The average Bonchev–Trinajstić information content (AvgIpc) is 2.14. The van der Waals surface area contributed by atoms with E-state index in [0.717, 1.165) is 11.1 Å². The molecule has 1 aromatic heterocycles. The maximum Gasteiger partial charge on any atom is 0.330 e. The van der Waals surface area contributed by atoms with Crippen LogP contribution in [0.15, 0.2) is 24.5 Å². The van der Waals surface area contributed by atoms with Crippen molar-refractivity contribution >= 4 is 12.0 Å². The van der Waals surface area contributed by atoms with Crippen molar-refractivity contribution < 1.29 is 9.53 Å². The van der Waals surface area contributed by atoms with Gasteiger partial charge in [-0.05, 0) is 30.2 Å². The van der Waals surface area contributed by atoms with Crippen LogP contribution in [0.2, 0.25) is 0 Å². The van der Waals surface area contributed by atoms with Gasteiger partial charge in [0.1, 0.15) is 0 Å². The summed E-state index contributed by atoms with van der Waals surface area (Å²) < 4.78 is 4.46. The van der Waals surface area contributed by atoms with Crippen molar-refractivity contribution in [3.8, 4) is 0 Å². The van der Waals surface area contributed by atoms with E-state index in [0.29, 0.717) is 0 Å². The molecule has 68 valence electrons. The highest BCUT2D eigenvalue weighted by Gasteiger charge is 1.92. The van der Waals surface area contributed by atoms with E-state index in [-0.39, 0.29) is 5.97 Å². The van der Waals surface area contributed by atoms with E-state index in [2.05, 4.69) is 9.72 Å². The third-order valence-corrected chi connectivity index (χ3v) is 1.51. The molecule has 0 N–H and O–H groups in total. The van der Waals surface area contributed by atoms with Gasteiger partial charge in [-0.25, -0.2) is 4.79 Å². The van der Waals surface area contributed by atoms with Crippen molar-refractivity contribution in [2.24, 2.45) is 0 Å². The number of methoxy groups -OCH3 is 1. The molecule has 0 unspecified atom stereocenters. The summed E-state index contributed by atoms with van der Waals surface area (Å²) in [5, 5.41) is 0. The highest BCUT2D eigenvalue weighted by Crippen LogP contribution is 2.03. The predicted octanol–water partition coefficient (Wildman–Crippen LogP) is 1.58. The molecule has 0 radical (unpaired) electrons. The van der Waals surface area contributed by atoms with Gasteiger partial charge < -0.3 is 4.74 Å². The fourth-order valence-electron chi connectivity index (χ4n) is 0.902. The Balaban J connectivity index is 2.74. The molecule has 13 heavy (non-hydrogen) atoms. The zero-order chi connectivity index (χ0) is 9.68. The Bertz CT molecular complexity index is 331. The lowest BCUT2D eigenvalue weighted by Crippen LogP contribution is -1.93. The van der Waals surface area contributed by atoms with Gasteiger partial charge in [0.05, 0.1) is 7.11 Å². The summed E-state index contributed by atoms with van der Waals surface area (Å²) >= 11 is 0. The normalized spacial score (nSPS) is 10.3. The quantitative estimate of drug-likeness (QED) is 0.508. The van der Waals surface area contributed by atoms with Gasteiger partial charge in [0.2, 0.25) is 0 Å². The van der Waals surface area contributed by atoms with Crippen LogP contribution in [0.4, 0.5) is 0 Å². The first kappa shape index (κ1) is 9.45. The first-order valence-electron chi connectivity index (χ1n) is 3.90. The third-order valence-electron chi connectivity index (χ3n) is 1.51. The molecule has 0 bridgehead atoms. The highest BCUT2D eigenvalue weighted by atomic mass is 16.5. The van der Waals surface area contributed by atoms with Crippen molar-refractivity contribution in [2.45, 2.75) is 6.92 Å². The Kier molecular flexibility index (Phi) is 3.20. The van der Waals surface area contributed by atoms with E-state index in [9.17, 15) is 4.79 Å². The summed E-state index contributed by atoms with van der Waals surface area (Å²) in [6.45, 7) is 1.95. The van der Waals surface area contributed by atoms with Crippen molar-refractivity contribution in [2.75, 3.05) is 7.11 Å². The second-order valence-electron chi connectivity index (χ2n) is 2.65. The number of nitrogens with zero attached hydrogens (tertiary/aromatic N) is 1. The van der Waals surface area contributed by atoms with Gasteiger partial charge in [0.15, 0.2) is 0 Å².